The molecule has 0 aromatic heterocycles. The predicted molar refractivity (Wildman–Crippen MR) is 84.5 cm³/mol. The molecule has 2 aliphatic rings. The molecule has 3 N–H and O–H groups in total. The van der Waals surface area contributed by atoms with Gasteiger partial charge in [-0.1, -0.05) is 20.8 Å². The number of anilines is 1. The Morgan fingerprint density at radius 3 is 2.24 bits per heavy atom. The molecule has 5 heteroatoms. The molecule has 2 fully saturated rings. The van der Waals surface area contributed by atoms with Gasteiger partial charge in [0.05, 0.1) is 4.90 Å². The van der Waals surface area contributed by atoms with Crippen LogP contribution in [0.5, 0.6) is 0 Å². The fraction of sp³-hybridized carbons (Fsp3) is 0.625. The molecular weight excluding hydrogens is 284 g/mol. The minimum Gasteiger partial charge on any atom is -0.382 e. The number of nitrogens with one attached hydrogen (secondary N) is 1. The van der Waals surface area contributed by atoms with Crippen molar-refractivity contribution in [3.05, 3.63) is 24.3 Å². The van der Waals surface area contributed by atoms with Gasteiger partial charge in [-0.25, -0.2) is 13.6 Å². The average Bonchev–Trinajstić information content (AvgIpc) is 2.71. The van der Waals surface area contributed by atoms with E-state index in [9.17, 15) is 8.42 Å². The monoisotopic (exact) mass is 308 g/mol. The van der Waals surface area contributed by atoms with Crippen LogP contribution in [-0.4, -0.2) is 14.5 Å². The molecule has 1 aromatic rings. The van der Waals surface area contributed by atoms with Gasteiger partial charge < -0.3 is 5.32 Å². The summed E-state index contributed by atoms with van der Waals surface area (Å²) in [6.07, 6.45) is 3.78. The quantitative estimate of drug-likeness (QED) is 0.901. The van der Waals surface area contributed by atoms with E-state index in [1.165, 1.54) is 19.3 Å². The molecule has 0 aliphatic heterocycles. The zero-order chi connectivity index (χ0) is 15.5. The van der Waals surface area contributed by atoms with Crippen LogP contribution in [0.2, 0.25) is 0 Å². The van der Waals surface area contributed by atoms with E-state index in [-0.39, 0.29) is 4.90 Å². The van der Waals surface area contributed by atoms with E-state index in [1.54, 1.807) is 12.1 Å². The summed E-state index contributed by atoms with van der Waals surface area (Å²) in [4.78, 5) is 0.160. The number of nitrogens with two attached hydrogens (primary N) is 1. The van der Waals surface area contributed by atoms with Crippen molar-refractivity contribution in [2.45, 2.75) is 51.0 Å². The first-order valence-corrected chi connectivity index (χ1v) is 9.09. The predicted octanol–water partition coefficient (Wildman–Crippen LogP) is 2.96. The van der Waals surface area contributed by atoms with Gasteiger partial charge in [-0.05, 0) is 60.3 Å². The molecule has 0 saturated heterocycles. The van der Waals surface area contributed by atoms with Crippen LogP contribution in [-0.2, 0) is 10.0 Å². The van der Waals surface area contributed by atoms with Crippen LogP contribution in [0, 0.1) is 16.7 Å². The van der Waals surface area contributed by atoms with Gasteiger partial charge in [0.1, 0.15) is 0 Å². The number of hydrogen-bond acceptors (Lipinski definition) is 3. The van der Waals surface area contributed by atoms with Crippen LogP contribution in [0.4, 0.5) is 5.69 Å². The number of rotatable bonds is 3. The highest BCUT2D eigenvalue weighted by Gasteiger charge is 2.61. The third kappa shape index (κ3) is 2.18. The number of sulfonamides is 1. The molecule has 0 amide bonds. The van der Waals surface area contributed by atoms with Crippen LogP contribution < -0.4 is 10.5 Å². The molecule has 2 bridgehead atoms. The lowest BCUT2D eigenvalue weighted by Crippen LogP contribution is -2.40. The fourth-order valence-electron chi connectivity index (χ4n) is 4.36. The molecule has 2 saturated carbocycles. The Bertz CT molecular complexity index is 651. The number of fused-ring (bicyclic) bond motifs is 2. The third-order valence-corrected chi connectivity index (χ3v) is 7.25. The zero-order valence-electron chi connectivity index (χ0n) is 12.9. The molecular formula is C16H24N2O2S. The summed E-state index contributed by atoms with van der Waals surface area (Å²) in [7, 11) is -3.61. The van der Waals surface area contributed by atoms with Crippen molar-refractivity contribution in [1.29, 1.82) is 0 Å². The molecule has 3 atom stereocenters. The third-order valence-electron chi connectivity index (χ3n) is 6.32. The van der Waals surface area contributed by atoms with E-state index in [4.69, 9.17) is 5.14 Å². The topological polar surface area (TPSA) is 72.2 Å². The van der Waals surface area contributed by atoms with Crippen LogP contribution in [0.25, 0.3) is 0 Å². The molecule has 2 aliphatic carbocycles. The van der Waals surface area contributed by atoms with Gasteiger partial charge in [-0.15, -0.1) is 0 Å². The van der Waals surface area contributed by atoms with E-state index < -0.39 is 10.0 Å². The number of hydrogen-bond donors (Lipinski definition) is 2. The minimum atomic E-state index is -3.61. The van der Waals surface area contributed by atoms with E-state index in [0.717, 1.165) is 11.6 Å². The maximum absolute atomic E-state index is 11.3. The summed E-state index contributed by atoms with van der Waals surface area (Å²) < 4.78 is 22.6. The van der Waals surface area contributed by atoms with Crippen LogP contribution in [0.1, 0.15) is 40.0 Å². The lowest BCUT2D eigenvalue weighted by molar-refractivity contribution is 0.142. The number of benzene rings is 1. The van der Waals surface area contributed by atoms with Crippen molar-refractivity contribution in [2.75, 3.05) is 5.32 Å². The van der Waals surface area contributed by atoms with Crippen molar-refractivity contribution in [3.63, 3.8) is 0 Å². The second-order valence-corrected chi connectivity index (χ2v) is 8.94. The summed E-state index contributed by atoms with van der Waals surface area (Å²) in [5.41, 5.74) is 1.64. The van der Waals surface area contributed by atoms with Crippen LogP contribution >= 0.6 is 0 Å². The van der Waals surface area contributed by atoms with Gasteiger partial charge in [0.15, 0.2) is 0 Å². The van der Waals surface area contributed by atoms with Gasteiger partial charge in [-0.2, -0.15) is 0 Å². The van der Waals surface area contributed by atoms with E-state index in [2.05, 4.69) is 26.1 Å². The molecule has 4 nitrogen and oxygen atoms in total. The lowest BCUT2D eigenvalue weighted by Gasteiger charge is -2.40. The van der Waals surface area contributed by atoms with Crippen molar-refractivity contribution in [3.8, 4) is 0 Å². The standard InChI is InChI=1S/C16H24N2O2S/c1-15(2)11-8-9-16(15,3)14(10-11)18-12-4-6-13(7-5-12)21(17,19)20/h4-7,11,14,18H,8-10H2,1-3H3,(H2,17,19,20). The summed E-state index contributed by atoms with van der Waals surface area (Å²) >= 11 is 0. The molecule has 3 unspecified atom stereocenters. The fourth-order valence-corrected chi connectivity index (χ4v) is 4.88. The molecule has 1 aromatic carbocycles. The first kappa shape index (κ1) is 14.9. The van der Waals surface area contributed by atoms with E-state index in [0.29, 0.717) is 16.9 Å². The van der Waals surface area contributed by atoms with Crippen LogP contribution in [0.3, 0.4) is 0 Å². The normalized spacial score (nSPS) is 34.1. The summed E-state index contributed by atoms with van der Waals surface area (Å²) in [5.74, 6) is 0.781. The Morgan fingerprint density at radius 1 is 1.19 bits per heavy atom. The molecule has 116 valence electrons. The smallest absolute Gasteiger partial charge is 0.238 e. The second-order valence-electron chi connectivity index (χ2n) is 7.38. The first-order chi connectivity index (χ1) is 9.64. The second kappa shape index (κ2) is 4.46. The summed E-state index contributed by atoms with van der Waals surface area (Å²) in [6, 6.07) is 7.20. The highest BCUT2D eigenvalue weighted by Crippen LogP contribution is 2.65. The van der Waals surface area contributed by atoms with Crippen LogP contribution in [0.15, 0.2) is 29.2 Å². The van der Waals surface area contributed by atoms with Gasteiger partial charge >= 0.3 is 0 Å². The van der Waals surface area contributed by atoms with Crippen molar-refractivity contribution >= 4 is 15.7 Å². The first-order valence-electron chi connectivity index (χ1n) is 7.54. The Labute approximate surface area is 127 Å². The Hall–Kier alpha value is -1.07. The average molecular weight is 308 g/mol. The highest BCUT2D eigenvalue weighted by atomic mass is 32.2. The van der Waals surface area contributed by atoms with Gasteiger partial charge in [-0.3, -0.25) is 0 Å². The zero-order valence-corrected chi connectivity index (χ0v) is 13.7. The number of primary sulfonamides is 1. The van der Waals surface area contributed by atoms with Crippen molar-refractivity contribution < 1.29 is 8.42 Å². The Morgan fingerprint density at radius 2 is 1.81 bits per heavy atom. The lowest BCUT2D eigenvalue weighted by atomic mass is 9.69. The highest BCUT2D eigenvalue weighted by molar-refractivity contribution is 7.89. The molecule has 0 heterocycles. The van der Waals surface area contributed by atoms with Gasteiger partial charge in [0, 0.05) is 11.7 Å². The van der Waals surface area contributed by atoms with Gasteiger partial charge in [0.25, 0.3) is 0 Å². The molecule has 0 spiro atoms. The molecule has 3 rings (SSSR count). The van der Waals surface area contributed by atoms with Gasteiger partial charge in [0.2, 0.25) is 10.0 Å². The van der Waals surface area contributed by atoms with Crippen molar-refractivity contribution in [2.24, 2.45) is 21.9 Å². The Balaban J connectivity index is 1.80. The summed E-state index contributed by atoms with van der Waals surface area (Å²) in [5, 5.41) is 8.74. The van der Waals surface area contributed by atoms with E-state index >= 15 is 0 Å². The van der Waals surface area contributed by atoms with E-state index in [1.807, 2.05) is 12.1 Å². The summed E-state index contributed by atoms with van der Waals surface area (Å²) in [6.45, 7) is 7.16. The maximum Gasteiger partial charge on any atom is 0.238 e. The Kier molecular flexibility index (Phi) is 3.16. The molecule has 21 heavy (non-hydrogen) atoms. The minimum absolute atomic E-state index is 0.160. The maximum atomic E-state index is 11.3. The largest absolute Gasteiger partial charge is 0.382 e. The van der Waals surface area contributed by atoms with Crippen molar-refractivity contribution in [1.82, 2.24) is 0 Å². The molecule has 0 radical (unpaired) electrons. The SMILES string of the molecule is CC1(C)C2CCC1(C)C(Nc1ccc(S(N)(=O)=O)cc1)C2.